The first-order valence-corrected chi connectivity index (χ1v) is 8.79. The van der Waals surface area contributed by atoms with Crippen molar-refractivity contribution in [2.24, 2.45) is 0 Å². The fourth-order valence-electron chi connectivity index (χ4n) is 2.47. The Labute approximate surface area is 162 Å². The highest BCUT2D eigenvalue weighted by molar-refractivity contribution is 6.40. The third kappa shape index (κ3) is 5.38. The summed E-state index contributed by atoms with van der Waals surface area (Å²) >= 11 is 12.3. The molecule has 0 aliphatic heterocycles. The van der Waals surface area contributed by atoms with Gasteiger partial charge in [0.15, 0.2) is 0 Å². The first-order valence-electron chi connectivity index (χ1n) is 8.04. The standard InChI is InChI=1S/C19H20Cl2N2O3/c1-13(24)23(19-16(20)7-4-8-17(19)21)12-18(25)22-10-9-14-5-3-6-15(11-14)26-2/h3-8,11H,9-10,12H2,1-2H3,(H,22,25). The molecule has 0 heterocycles. The predicted molar refractivity (Wildman–Crippen MR) is 104 cm³/mol. The molecule has 0 bridgehead atoms. The zero-order chi connectivity index (χ0) is 19.1. The average molecular weight is 395 g/mol. The van der Waals surface area contributed by atoms with Crippen molar-refractivity contribution in [3.05, 3.63) is 58.1 Å². The molecule has 0 saturated carbocycles. The van der Waals surface area contributed by atoms with Crippen molar-refractivity contribution in [1.29, 1.82) is 0 Å². The summed E-state index contributed by atoms with van der Waals surface area (Å²) in [4.78, 5) is 25.5. The van der Waals surface area contributed by atoms with Crippen molar-refractivity contribution < 1.29 is 14.3 Å². The number of anilines is 1. The molecule has 0 atom stereocenters. The van der Waals surface area contributed by atoms with Crippen LogP contribution >= 0.6 is 23.2 Å². The van der Waals surface area contributed by atoms with Gasteiger partial charge in [-0.1, -0.05) is 41.4 Å². The fourth-order valence-corrected chi connectivity index (χ4v) is 3.07. The van der Waals surface area contributed by atoms with Gasteiger partial charge in [-0.15, -0.1) is 0 Å². The zero-order valence-corrected chi connectivity index (χ0v) is 16.1. The van der Waals surface area contributed by atoms with Crippen LogP contribution in [0.2, 0.25) is 10.0 Å². The Morgan fingerprint density at radius 1 is 1.12 bits per heavy atom. The third-order valence-electron chi connectivity index (χ3n) is 3.76. The van der Waals surface area contributed by atoms with Crippen LogP contribution in [-0.4, -0.2) is 32.0 Å². The second-order valence-electron chi connectivity index (χ2n) is 5.63. The SMILES string of the molecule is COc1cccc(CCNC(=O)CN(C(C)=O)c2c(Cl)cccc2Cl)c1. The Balaban J connectivity index is 1.97. The molecule has 0 radical (unpaired) electrons. The molecule has 26 heavy (non-hydrogen) atoms. The second kappa shape index (κ2) is 9.46. The van der Waals surface area contributed by atoms with E-state index in [2.05, 4.69) is 5.32 Å². The maximum absolute atomic E-state index is 12.3. The number of para-hydroxylation sites is 1. The zero-order valence-electron chi connectivity index (χ0n) is 14.6. The van der Waals surface area contributed by atoms with E-state index in [1.807, 2.05) is 24.3 Å². The molecule has 5 nitrogen and oxygen atoms in total. The summed E-state index contributed by atoms with van der Waals surface area (Å²) in [5.41, 5.74) is 1.38. The van der Waals surface area contributed by atoms with Gasteiger partial charge in [-0.25, -0.2) is 0 Å². The molecule has 7 heteroatoms. The van der Waals surface area contributed by atoms with Gasteiger partial charge < -0.3 is 15.0 Å². The van der Waals surface area contributed by atoms with Crippen LogP contribution in [0.5, 0.6) is 5.75 Å². The summed E-state index contributed by atoms with van der Waals surface area (Å²) in [6.45, 7) is 1.65. The van der Waals surface area contributed by atoms with E-state index in [4.69, 9.17) is 27.9 Å². The minimum absolute atomic E-state index is 0.156. The lowest BCUT2D eigenvalue weighted by atomic mass is 10.1. The highest BCUT2D eigenvalue weighted by Crippen LogP contribution is 2.33. The van der Waals surface area contributed by atoms with Crippen molar-refractivity contribution >= 4 is 40.7 Å². The summed E-state index contributed by atoms with van der Waals surface area (Å²) in [6.07, 6.45) is 0.649. The lowest BCUT2D eigenvalue weighted by Gasteiger charge is -2.23. The molecule has 0 saturated heterocycles. The van der Waals surface area contributed by atoms with Gasteiger partial charge in [-0.05, 0) is 36.2 Å². The van der Waals surface area contributed by atoms with Crippen molar-refractivity contribution in [1.82, 2.24) is 5.32 Å². The van der Waals surface area contributed by atoms with E-state index in [1.54, 1.807) is 25.3 Å². The number of amides is 2. The predicted octanol–water partition coefficient (Wildman–Crippen LogP) is 3.71. The molecule has 0 aromatic heterocycles. The number of carbonyl (C=O) groups is 2. The summed E-state index contributed by atoms with van der Waals surface area (Å²) in [5, 5.41) is 3.44. The largest absolute Gasteiger partial charge is 0.497 e. The first kappa shape index (κ1) is 20.1. The molecule has 2 aromatic rings. The first-order chi connectivity index (χ1) is 12.4. The van der Waals surface area contributed by atoms with Crippen molar-refractivity contribution in [3.63, 3.8) is 0 Å². The van der Waals surface area contributed by atoms with E-state index in [9.17, 15) is 9.59 Å². The lowest BCUT2D eigenvalue weighted by molar-refractivity contribution is -0.123. The Kier molecular flexibility index (Phi) is 7.30. The van der Waals surface area contributed by atoms with Crippen LogP contribution < -0.4 is 15.0 Å². The van der Waals surface area contributed by atoms with Gasteiger partial charge in [-0.3, -0.25) is 9.59 Å². The number of halogens is 2. The van der Waals surface area contributed by atoms with Crippen molar-refractivity contribution in [2.75, 3.05) is 25.1 Å². The Bertz CT molecular complexity index is 776. The van der Waals surface area contributed by atoms with E-state index in [0.717, 1.165) is 11.3 Å². The normalized spacial score (nSPS) is 10.3. The topological polar surface area (TPSA) is 58.6 Å². The minimum atomic E-state index is -0.317. The number of nitrogens with one attached hydrogen (secondary N) is 1. The molecule has 0 aliphatic carbocycles. The van der Waals surface area contributed by atoms with Crippen LogP contribution in [0.15, 0.2) is 42.5 Å². The number of hydrogen-bond acceptors (Lipinski definition) is 3. The smallest absolute Gasteiger partial charge is 0.240 e. The van der Waals surface area contributed by atoms with Gasteiger partial charge in [0.1, 0.15) is 12.3 Å². The van der Waals surface area contributed by atoms with Gasteiger partial charge in [-0.2, -0.15) is 0 Å². The monoisotopic (exact) mass is 394 g/mol. The molecule has 2 rings (SSSR count). The van der Waals surface area contributed by atoms with Gasteiger partial charge in [0.2, 0.25) is 11.8 Å². The van der Waals surface area contributed by atoms with Crippen LogP contribution in [0.3, 0.4) is 0 Å². The number of carbonyl (C=O) groups excluding carboxylic acids is 2. The molecule has 0 aliphatic rings. The van der Waals surface area contributed by atoms with Crippen LogP contribution in [0, 0.1) is 0 Å². The van der Waals surface area contributed by atoms with E-state index >= 15 is 0 Å². The molecule has 0 fully saturated rings. The molecule has 2 aromatic carbocycles. The molecule has 138 valence electrons. The average Bonchev–Trinajstić information content (AvgIpc) is 2.60. The molecule has 1 N–H and O–H groups in total. The molecule has 2 amide bonds. The van der Waals surface area contributed by atoms with Gasteiger partial charge >= 0.3 is 0 Å². The minimum Gasteiger partial charge on any atom is -0.497 e. The maximum Gasteiger partial charge on any atom is 0.240 e. The van der Waals surface area contributed by atoms with Crippen LogP contribution in [-0.2, 0) is 16.0 Å². The van der Waals surface area contributed by atoms with E-state index < -0.39 is 0 Å². The summed E-state index contributed by atoms with van der Waals surface area (Å²) in [6, 6.07) is 12.6. The molecular formula is C19H20Cl2N2O3. The summed E-state index contributed by atoms with van der Waals surface area (Å²) in [5.74, 6) is 0.159. The molecular weight excluding hydrogens is 375 g/mol. The number of methoxy groups -OCH3 is 1. The number of ether oxygens (including phenoxy) is 1. The molecule has 0 spiro atoms. The van der Waals surface area contributed by atoms with E-state index in [1.165, 1.54) is 11.8 Å². The number of hydrogen-bond donors (Lipinski definition) is 1. The highest BCUT2D eigenvalue weighted by Gasteiger charge is 2.20. The summed E-state index contributed by atoms with van der Waals surface area (Å²) < 4.78 is 5.18. The Morgan fingerprint density at radius 2 is 1.77 bits per heavy atom. The highest BCUT2D eigenvalue weighted by atomic mass is 35.5. The second-order valence-corrected chi connectivity index (χ2v) is 6.44. The van der Waals surface area contributed by atoms with Crippen LogP contribution in [0.25, 0.3) is 0 Å². The van der Waals surface area contributed by atoms with Crippen molar-refractivity contribution in [3.8, 4) is 5.75 Å². The number of rotatable bonds is 7. The van der Waals surface area contributed by atoms with Gasteiger partial charge in [0.25, 0.3) is 0 Å². The lowest BCUT2D eigenvalue weighted by Crippen LogP contribution is -2.40. The number of nitrogens with zero attached hydrogens (tertiary/aromatic N) is 1. The van der Waals surface area contributed by atoms with Crippen molar-refractivity contribution in [2.45, 2.75) is 13.3 Å². The van der Waals surface area contributed by atoms with Crippen LogP contribution in [0.4, 0.5) is 5.69 Å². The maximum atomic E-state index is 12.3. The quantitative estimate of drug-likeness (QED) is 0.778. The Morgan fingerprint density at radius 3 is 2.38 bits per heavy atom. The summed E-state index contributed by atoms with van der Waals surface area (Å²) in [7, 11) is 1.61. The molecule has 0 unspecified atom stereocenters. The Hall–Kier alpha value is -2.24. The third-order valence-corrected chi connectivity index (χ3v) is 4.37. The van der Waals surface area contributed by atoms with Gasteiger partial charge in [0.05, 0.1) is 22.8 Å². The fraction of sp³-hybridized carbons (Fsp3) is 0.263. The number of benzene rings is 2. The van der Waals surface area contributed by atoms with Gasteiger partial charge in [0, 0.05) is 13.5 Å². The van der Waals surface area contributed by atoms with Crippen LogP contribution in [0.1, 0.15) is 12.5 Å². The van der Waals surface area contributed by atoms with E-state index in [0.29, 0.717) is 28.7 Å². The van der Waals surface area contributed by atoms with E-state index in [-0.39, 0.29) is 18.4 Å².